The molecule has 8 nitrogen and oxygen atoms in total. The fraction of sp³-hybridized carbons (Fsp3) is 0.694. The lowest BCUT2D eigenvalue weighted by Crippen LogP contribution is -2.50. The lowest BCUT2D eigenvalue weighted by molar-refractivity contribution is -0.887. The van der Waals surface area contributed by atoms with Gasteiger partial charge in [-0.15, -0.1) is 0 Å². The summed E-state index contributed by atoms with van der Waals surface area (Å²) >= 11 is 0. The van der Waals surface area contributed by atoms with Crippen molar-refractivity contribution >= 4 is 17.9 Å². The monoisotopic (exact) mass is 799 g/mol. The molecule has 0 saturated heterocycles. The maximum atomic E-state index is 12.7. The minimum atomic E-state index is -0.882. The van der Waals surface area contributed by atoms with Crippen molar-refractivity contribution in [1.29, 1.82) is 0 Å². The predicted octanol–water partition coefficient (Wildman–Crippen LogP) is 12.4. The fourth-order valence-electron chi connectivity index (χ4n) is 6.18. The zero-order valence-electron chi connectivity index (χ0n) is 37.0. The van der Waals surface area contributed by atoms with Crippen LogP contribution < -0.4 is 0 Å². The molecule has 0 aliphatic rings. The van der Waals surface area contributed by atoms with Gasteiger partial charge >= 0.3 is 17.9 Å². The van der Waals surface area contributed by atoms with E-state index >= 15 is 0 Å². The largest absolute Gasteiger partial charge is 0.477 e. The summed E-state index contributed by atoms with van der Waals surface area (Å²) in [4.78, 5) is 37.0. The van der Waals surface area contributed by atoms with Crippen molar-refractivity contribution in [3.63, 3.8) is 0 Å². The second-order valence-electron chi connectivity index (χ2n) is 15.9. The first kappa shape index (κ1) is 53.8. The first-order valence-corrected chi connectivity index (χ1v) is 22.5. The molecular weight excluding hydrogens is 715 g/mol. The van der Waals surface area contributed by atoms with Crippen LogP contribution in [0.25, 0.3) is 0 Å². The second-order valence-corrected chi connectivity index (χ2v) is 15.9. The summed E-state index contributed by atoms with van der Waals surface area (Å²) in [6, 6.07) is -0.622. The molecule has 8 heteroatoms. The van der Waals surface area contributed by atoms with E-state index in [1.54, 1.807) is 0 Å². The zero-order chi connectivity index (χ0) is 42.1. The second kappa shape index (κ2) is 39.6. The minimum Gasteiger partial charge on any atom is -0.477 e. The molecule has 0 bridgehead atoms. The van der Waals surface area contributed by atoms with Gasteiger partial charge in [-0.05, 0) is 77.0 Å². The van der Waals surface area contributed by atoms with Gasteiger partial charge < -0.3 is 23.8 Å². The van der Waals surface area contributed by atoms with E-state index in [1.165, 1.54) is 38.5 Å². The van der Waals surface area contributed by atoms with Gasteiger partial charge in [-0.3, -0.25) is 9.59 Å². The molecule has 0 amide bonds. The van der Waals surface area contributed by atoms with Gasteiger partial charge in [-0.2, -0.15) is 0 Å². The van der Waals surface area contributed by atoms with Gasteiger partial charge in [0.25, 0.3) is 0 Å². The molecule has 0 fully saturated rings. The Labute approximate surface area is 349 Å². The third kappa shape index (κ3) is 38.1. The maximum Gasteiger partial charge on any atom is 0.362 e. The summed E-state index contributed by atoms with van der Waals surface area (Å²) in [6.07, 6.45) is 49.4. The lowest BCUT2D eigenvalue weighted by atomic mass is 10.1. The molecule has 0 rings (SSSR count). The molecule has 0 aromatic carbocycles. The number of nitrogens with zero attached hydrogens (tertiary/aromatic N) is 1. The number of ether oxygens (including phenoxy) is 3. The Kier molecular flexibility index (Phi) is 37.3. The number of quaternary nitrogens is 1. The van der Waals surface area contributed by atoms with Crippen LogP contribution in [0.4, 0.5) is 0 Å². The number of carbonyl (C=O) groups is 3. The van der Waals surface area contributed by atoms with E-state index < -0.39 is 18.1 Å². The van der Waals surface area contributed by atoms with Crippen molar-refractivity contribution in [3.05, 3.63) is 72.9 Å². The highest BCUT2D eigenvalue weighted by Gasteiger charge is 2.31. The number of hydrogen-bond donors (Lipinski definition) is 1. The molecule has 0 heterocycles. The summed E-state index contributed by atoms with van der Waals surface area (Å²) < 4.78 is 17.3. The molecule has 0 aliphatic heterocycles. The van der Waals surface area contributed by atoms with Gasteiger partial charge in [0.2, 0.25) is 0 Å². The van der Waals surface area contributed by atoms with Crippen LogP contribution in [0.15, 0.2) is 72.9 Å². The van der Waals surface area contributed by atoms with Crippen molar-refractivity contribution in [3.8, 4) is 0 Å². The Bertz CT molecular complexity index is 1160. The highest BCUT2D eigenvalue weighted by Crippen LogP contribution is 2.14. The van der Waals surface area contributed by atoms with Crippen LogP contribution in [0.3, 0.4) is 0 Å². The number of carboxylic acids is 1. The fourth-order valence-corrected chi connectivity index (χ4v) is 6.18. The van der Waals surface area contributed by atoms with Crippen LogP contribution in [0, 0.1) is 0 Å². The van der Waals surface area contributed by atoms with Crippen molar-refractivity contribution in [2.45, 2.75) is 180 Å². The smallest absolute Gasteiger partial charge is 0.362 e. The molecule has 0 aliphatic carbocycles. The Morgan fingerprint density at radius 3 is 1.37 bits per heavy atom. The number of aliphatic carboxylic acids is 1. The first-order valence-electron chi connectivity index (χ1n) is 22.5. The van der Waals surface area contributed by atoms with Gasteiger partial charge in [-0.25, -0.2) is 4.79 Å². The van der Waals surface area contributed by atoms with Gasteiger partial charge in [0, 0.05) is 19.3 Å². The molecule has 1 N–H and O–H groups in total. The number of hydrogen-bond acceptors (Lipinski definition) is 6. The Hall–Kier alpha value is -3.23. The highest BCUT2D eigenvalue weighted by molar-refractivity contribution is 5.72. The quantitative estimate of drug-likeness (QED) is 0.0286. The van der Waals surface area contributed by atoms with Crippen LogP contribution in [-0.2, 0) is 28.6 Å². The van der Waals surface area contributed by atoms with Crippen molar-refractivity contribution in [2.75, 3.05) is 41.0 Å². The van der Waals surface area contributed by atoms with Crippen LogP contribution in [0.2, 0.25) is 0 Å². The maximum absolute atomic E-state index is 12.7. The first-order chi connectivity index (χ1) is 27.6. The van der Waals surface area contributed by atoms with Crippen LogP contribution in [-0.4, -0.2) is 80.6 Å². The molecule has 0 aromatic heterocycles. The molecule has 2 atom stereocenters. The van der Waals surface area contributed by atoms with E-state index in [0.29, 0.717) is 19.3 Å². The Morgan fingerprint density at radius 2 is 0.930 bits per heavy atom. The summed E-state index contributed by atoms with van der Waals surface area (Å²) in [5, 5.41) is 9.62. The van der Waals surface area contributed by atoms with Crippen molar-refractivity contribution in [1.82, 2.24) is 0 Å². The number of unbranched alkanes of at least 4 members (excludes halogenated alkanes) is 13. The summed E-state index contributed by atoms with van der Waals surface area (Å²) in [5.41, 5.74) is 0. The predicted molar refractivity (Wildman–Crippen MR) is 238 cm³/mol. The Balaban J connectivity index is 4.37. The number of likely N-dealkylation sites (N-methyl/N-ethyl adjacent to an activating group) is 1. The van der Waals surface area contributed by atoms with E-state index in [4.69, 9.17) is 14.2 Å². The highest BCUT2D eigenvalue weighted by atomic mass is 16.6. The van der Waals surface area contributed by atoms with E-state index in [-0.39, 0.29) is 36.2 Å². The molecule has 2 unspecified atom stereocenters. The number of carboxylic acid groups (broad SMARTS) is 1. The van der Waals surface area contributed by atoms with Gasteiger partial charge in [0.05, 0.1) is 34.4 Å². The average molecular weight is 799 g/mol. The summed E-state index contributed by atoms with van der Waals surface area (Å²) in [5.74, 6) is -1.50. The minimum absolute atomic E-state index is 0.0491. The molecule has 0 saturated carbocycles. The molecule has 326 valence electrons. The number of esters is 2. The third-order valence-electron chi connectivity index (χ3n) is 9.60. The van der Waals surface area contributed by atoms with Crippen LogP contribution in [0.5, 0.6) is 0 Å². The van der Waals surface area contributed by atoms with E-state index in [2.05, 4.69) is 86.8 Å². The average Bonchev–Trinajstić information content (AvgIpc) is 3.17. The summed E-state index contributed by atoms with van der Waals surface area (Å²) in [7, 11) is 5.51. The number of rotatable bonds is 39. The van der Waals surface area contributed by atoms with Gasteiger partial charge in [0.15, 0.2) is 12.1 Å². The van der Waals surface area contributed by atoms with E-state index in [1.807, 2.05) is 21.1 Å². The summed E-state index contributed by atoms with van der Waals surface area (Å²) in [6.45, 7) is 4.48. The molecule has 0 aromatic rings. The van der Waals surface area contributed by atoms with Crippen molar-refractivity contribution in [2.24, 2.45) is 0 Å². The molecular formula is C49H84NO7+. The molecule has 0 radical (unpaired) electrons. The molecule has 57 heavy (non-hydrogen) atoms. The van der Waals surface area contributed by atoms with E-state index in [0.717, 1.165) is 96.3 Å². The third-order valence-corrected chi connectivity index (χ3v) is 9.60. The number of carbonyl (C=O) groups excluding carboxylic acids is 2. The van der Waals surface area contributed by atoms with E-state index in [9.17, 15) is 19.5 Å². The van der Waals surface area contributed by atoms with Gasteiger partial charge in [0.1, 0.15) is 6.61 Å². The SMILES string of the molecule is CC/C=C/C/C=C/C/C=C/C/C=C/CCCCCCCCC(=O)OC(COCCC(C(=O)O)[N+](C)(C)C)COC(=O)CCCCCCCCC/C=C/C/C=C/CC. The standard InChI is InChI=1S/C49H83NO7/c1-6-8-10-12-14-16-18-20-22-23-24-25-26-28-30-32-34-36-38-40-48(52)57-45(43-55-42-41-46(49(53)54)50(3,4)5)44-56-47(51)39-37-35-33-31-29-27-21-19-17-15-13-11-9-7-2/h8-11,14-17,20,22,24-25,45-46H,6-7,12-13,18-19,21,23,26-44H2,1-5H3/p+1/b10-8+,11-9+,16-14+,17-15+,22-20+,25-24+. The lowest BCUT2D eigenvalue weighted by Gasteiger charge is -2.31. The normalized spacial score (nSPS) is 13.6. The van der Waals surface area contributed by atoms with Crippen LogP contribution >= 0.6 is 0 Å². The van der Waals surface area contributed by atoms with Gasteiger partial charge in [-0.1, -0.05) is 145 Å². The zero-order valence-corrected chi connectivity index (χ0v) is 37.0. The topological polar surface area (TPSA) is 99.1 Å². The Morgan fingerprint density at radius 1 is 0.526 bits per heavy atom. The van der Waals surface area contributed by atoms with Crippen molar-refractivity contribution < 1.29 is 38.2 Å². The molecule has 0 spiro atoms. The number of allylic oxidation sites excluding steroid dienone is 12. The van der Waals surface area contributed by atoms with Crippen LogP contribution in [0.1, 0.15) is 168 Å².